The summed E-state index contributed by atoms with van der Waals surface area (Å²) >= 11 is 0. The van der Waals surface area contributed by atoms with Crippen molar-refractivity contribution in [1.82, 2.24) is 10.6 Å². The molecule has 2 aromatic rings. The van der Waals surface area contributed by atoms with Crippen LogP contribution in [0.3, 0.4) is 0 Å². The van der Waals surface area contributed by atoms with E-state index < -0.39 is 29.4 Å². The van der Waals surface area contributed by atoms with Gasteiger partial charge in [0.15, 0.2) is 0 Å². The molecule has 2 aliphatic rings. The Labute approximate surface area is 150 Å². The van der Waals surface area contributed by atoms with Gasteiger partial charge in [0, 0.05) is 11.1 Å². The SMILES string of the molecule is O=C1NC(c2ccccc2C(F)(F)F)=C2C(=O)NC(c3cccc(F)c3)=C12. The van der Waals surface area contributed by atoms with E-state index in [1.807, 2.05) is 0 Å². The van der Waals surface area contributed by atoms with Crippen LogP contribution in [0.25, 0.3) is 11.4 Å². The van der Waals surface area contributed by atoms with Gasteiger partial charge >= 0.3 is 6.18 Å². The molecule has 2 N–H and O–H groups in total. The largest absolute Gasteiger partial charge is 0.417 e. The molecule has 136 valence electrons. The smallest absolute Gasteiger partial charge is 0.321 e. The van der Waals surface area contributed by atoms with Crippen molar-refractivity contribution in [1.29, 1.82) is 0 Å². The Morgan fingerprint density at radius 3 is 2.07 bits per heavy atom. The zero-order valence-electron chi connectivity index (χ0n) is 13.4. The molecule has 2 aromatic carbocycles. The Balaban J connectivity index is 1.95. The molecular weight excluding hydrogens is 364 g/mol. The van der Waals surface area contributed by atoms with E-state index in [0.29, 0.717) is 0 Å². The second kappa shape index (κ2) is 5.80. The van der Waals surface area contributed by atoms with Crippen LogP contribution >= 0.6 is 0 Å². The van der Waals surface area contributed by atoms with Gasteiger partial charge in [0.05, 0.1) is 28.1 Å². The van der Waals surface area contributed by atoms with Gasteiger partial charge in [-0.25, -0.2) is 4.39 Å². The Morgan fingerprint density at radius 2 is 1.41 bits per heavy atom. The molecule has 2 aliphatic heterocycles. The maximum absolute atomic E-state index is 13.5. The third-order valence-corrected chi connectivity index (χ3v) is 4.30. The number of carbonyl (C=O) groups is 2. The molecule has 0 aromatic heterocycles. The van der Waals surface area contributed by atoms with E-state index in [9.17, 15) is 27.2 Å². The average molecular weight is 374 g/mol. The molecule has 0 unspecified atom stereocenters. The van der Waals surface area contributed by atoms with Crippen molar-refractivity contribution in [2.24, 2.45) is 0 Å². The highest BCUT2D eigenvalue weighted by molar-refractivity contribution is 6.30. The number of carbonyl (C=O) groups excluding carboxylic acids is 2. The number of hydrogen-bond donors (Lipinski definition) is 2. The third kappa shape index (κ3) is 2.69. The summed E-state index contributed by atoms with van der Waals surface area (Å²) in [4.78, 5) is 24.9. The van der Waals surface area contributed by atoms with Gasteiger partial charge in [-0.05, 0) is 18.2 Å². The van der Waals surface area contributed by atoms with Crippen LogP contribution in [0.2, 0.25) is 0 Å². The number of amides is 2. The second-order valence-corrected chi connectivity index (χ2v) is 5.96. The van der Waals surface area contributed by atoms with Gasteiger partial charge < -0.3 is 10.6 Å². The first-order valence-corrected chi connectivity index (χ1v) is 7.81. The topological polar surface area (TPSA) is 58.2 Å². The molecule has 0 atom stereocenters. The van der Waals surface area contributed by atoms with Crippen LogP contribution in [0.5, 0.6) is 0 Å². The first-order chi connectivity index (χ1) is 12.8. The minimum Gasteiger partial charge on any atom is -0.321 e. The lowest BCUT2D eigenvalue weighted by Gasteiger charge is -2.14. The predicted octanol–water partition coefficient (Wildman–Crippen LogP) is 3.23. The number of benzene rings is 2. The standard InChI is InChI=1S/C19H10F4N2O2/c20-10-5-3-4-9(8-10)15-13-14(18(27)24-15)16(25-17(13)26)11-6-1-2-7-12(11)19(21,22)23/h1-8H,(H,24,27)(H,25,26). The molecule has 0 radical (unpaired) electrons. The first kappa shape index (κ1) is 17.0. The predicted molar refractivity (Wildman–Crippen MR) is 88.0 cm³/mol. The van der Waals surface area contributed by atoms with Gasteiger partial charge in [-0.15, -0.1) is 0 Å². The molecule has 2 amide bonds. The summed E-state index contributed by atoms with van der Waals surface area (Å²) in [7, 11) is 0. The summed E-state index contributed by atoms with van der Waals surface area (Å²) in [6.07, 6.45) is -4.66. The van der Waals surface area contributed by atoms with Crippen molar-refractivity contribution in [2.45, 2.75) is 6.18 Å². The summed E-state index contributed by atoms with van der Waals surface area (Å²) in [5, 5.41) is 4.82. The Kier molecular flexibility index (Phi) is 3.66. The van der Waals surface area contributed by atoms with Crippen LogP contribution in [0.4, 0.5) is 17.6 Å². The van der Waals surface area contributed by atoms with Crippen LogP contribution in [-0.4, -0.2) is 11.8 Å². The Morgan fingerprint density at radius 1 is 0.778 bits per heavy atom. The summed E-state index contributed by atoms with van der Waals surface area (Å²) in [6.45, 7) is 0. The third-order valence-electron chi connectivity index (χ3n) is 4.30. The molecule has 0 saturated heterocycles. The Hall–Kier alpha value is -3.42. The van der Waals surface area contributed by atoms with Gasteiger partial charge in [-0.2, -0.15) is 13.2 Å². The van der Waals surface area contributed by atoms with E-state index in [1.165, 1.54) is 36.4 Å². The van der Waals surface area contributed by atoms with Crippen molar-refractivity contribution < 1.29 is 27.2 Å². The van der Waals surface area contributed by atoms with E-state index in [0.717, 1.165) is 12.1 Å². The van der Waals surface area contributed by atoms with Gasteiger partial charge in [0.2, 0.25) is 0 Å². The summed E-state index contributed by atoms with van der Waals surface area (Å²) in [5.74, 6) is -2.03. The van der Waals surface area contributed by atoms with Crippen molar-refractivity contribution in [2.75, 3.05) is 0 Å². The van der Waals surface area contributed by atoms with Crippen molar-refractivity contribution in [3.8, 4) is 0 Å². The molecule has 0 fully saturated rings. The molecule has 0 spiro atoms. The molecule has 2 heterocycles. The maximum atomic E-state index is 13.5. The molecular formula is C19H10F4N2O2. The van der Waals surface area contributed by atoms with Gasteiger partial charge in [-0.1, -0.05) is 30.3 Å². The lowest BCUT2D eigenvalue weighted by Crippen LogP contribution is -2.22. The van der Waals surface area contributed by atoms with Crippen LogP contribution in [0.15, 0.2) is 59.7 Å². The molecule has 27 heavy (non-hydrogen) atoms. The van der Waals surface area contributed by atoms with E-state index in [-0.39, 0.29) is 33.7 Å². The van der Waals surface area contributed by atoms with Crippen LogP contribution in [0, 0.1) is 5.82 Å². The van der Waals surface area contributed by atoms with Crippen molar-refractivity contribution in [3.63, 3.8) is 0 Å². The molecule has 0 bridgehead atoms. The molecule has 8 heteroatoms. The van der Waals surface area contributed by atoms with Gasteiger partial charge in [-0.3, -0.25) is 9.59 Å². The Bertz CT molecular complexity index is 1070. The van der Waals surface area contributed by atoms with E-state index >= 15 is 0 Å². The fourth-order valence-corrected chi connectivity index (χ4v) is 3.19. The molecule has 4 rings (SSSR count). The van der Waals surface area contributed by atoms with E-state index in [1.54, 1.807) is 0 Å². The number of nitrogens with one attached hydrogen (secondary N) is 2. The average Bonchev–Trinajstić information content (AvgIpc) is 3.13. The summed E-state index contributed by atoms with van der Waals surface area (Å²) in [6, 6.07) is 9.87. The van der Waals surface area contributed by atoms with Crippen LogP contribution in [-0.2, 0) is 15.8 Å². The quantitative estimate of drug-likeness (QED) is 0.793. The fourth-order valence-electron chi connectivity index (χ4n) is 3.19. The van der Waals surface area contributed by atoms with E-state index in [2.05, 4.69) is 10.6 Å². The number of rotatable bonds is 2. The summed E-state index contributed by atoms with van der Waals surface area (Å²) < 4.78 is 53.5. The minimum atomic E-state index is -4.66. The van der Waals surface area contributed by atoms with E-state index in [4.69, 9.17) is 0 Å². The number of halogens is 4. The minimum absolute atomic E-state index is 0.0616. The summed E-state index contributed by atoms with van der Waals surface area (Å²) in [5.41, 5.74) is -1.47. The molecule has 0 saturated carbocycles. The zero-order chi connectivity index (χ0) is 19.3. The van der Waals surface area contributed by atoms with Gasteiger partial charge in [0.25, 0.3) is 11.8 Å². The van der Waals surface area contributed by atoms with Gasteiger partial charge in [0.1, 0.15) is 5.82 Å². The first-order valence-electron chi connectivity index (χ1n) is 7.81. The molecule has 0 aliphatic carbocycles. The lowest BCUT2D eigenvalue weighted by atomic mass is 9.99. The number of fused-ring (bicyclic) bond motifs is 1. The number of hydrogen-bond acceptors (Lipinski definition) is 2. The van der Waals surface area contributed by atoms with Crippen LogP contribution < -0.4 is 10.6 Å². The molecule has 4 nitrogen and oxygen atoms in total. The monoisotopic (exact) mass is 374 g/mol. The number of alkyl halides is 3. The lowest BCUT2D eigenvalue weighted by molar-refractivity contribution is -0.137. The highest BCUT2D eigenvalue weighted by Gasteiger charge is 2.43. The van der Waals surface area contributed by atoms with Crippen LogP contribution in [0.1, 0.15) is 16.7 Å². The second-order valence-electron chi connectivity index (χ2n) is 5.96. The van der Waals surface area contributed by atoms with Crippen molar-refractivity contribution in [3.05, 3.63) is 82.2 Å². The highest BCUT2D eigenvalue weighted by Crippen LogP contribution is 2.41. The maximum Gasteiger partial charge on any atom is 0.417 e. The highest BCUT2D eigenvalue weighted by atomic mass is 19.4. The van der Waals surface area contributed by atoms with Crippen molar-refractivity contribution >= 4 is 23.2 Å². The fraction of sp³-hybridized carbons (Fsp3) is 0.0526. The normalized spacial score (nSPS) is 16.6. The zero-order valence-corrected chi connectivity index (χ0v) is 13.4.